The number of carboxylic acids is 1. The molecule has 2 aromatic carbocycles. The molecular weight excluding hydrogens is 403 g/mol. The summed E-state index contributed by atoms with van der Waals surface area (Å²) in [4.78, 5) is 13.9. The minimum atomic E-state index is -4.65. The number of carboxylic acid groups (broad SMARTS) is 1. The van der Waals surface area contributed by atoms with Crippen LogP contribution in [-0.4, -0.2) is 23.7 Å². The lowest BCUT2D eigenvalue weighted by Crippen LogP contribution is -2.39. The van der Waals surface area contributed by atoms with Crippen LogP contribution in [0.25, 0.3) is 11.1 Å². The van der Waals surface area contributed by atoms with Crippen molar-refractivity contribution in [3.63, 3.8) is 0 Å². The first-order chi connectivity index (χ1) is 14.6. The lowest BCUT2D eigenvalue weighted by atomic mass is 9.84. The van der Waals surface area contributed by atoms with Gasteiger partial charge in [0.15, 0.2) is 0 Å². The molecule has 1 saturated heterocycles. The van der Waals surface area contributed by atoms with E-state index in [1.54, 1.807) is 6.07 Å². The average Bonchev–Trinajstić information content (AvgIpc) is 2.71. The SMILES string of the molecule is CC(C)CC(C(=O)O)c1cc(-c2ccccc2)cc(N2CCCCC2C)c1C(F)(F)F. The third-order valence-corrected chi connectivity index (χ3v) is 6.03. The molecule has 0 spiro atoms. The Kier molecular flexibility index (Phi) is 6.97. The molecule has 1 aliphatic heterocycles. The number of alkyl halides is 3. The Bertz CT molecular complexity index is 909. The number of benzene rings is 2. The van der Waals surface area contributed by atoms with Crippen LogP contribution in [0.3, 0.4) is 0 Å². The third kappa shape index (κ3) is 5.23. The van der Waals surface area contributed by atoms with Gasteiger partial charge in [0, 0.05) is 12.6 Å². The second-order valence-electron chi connectivity index (χ2n) is 8.88. The van der Waals surface area contributed by atoms with Crippen molar-refractivity contribution in [3.8, 4) is 11.1 Å². The molecule has 2 unspecified atom stereocenters. The Labute approximate surface area is 181 Å². The van der Waals surface area contributed by atoms with Gasteiger partial charge in [-0.1, -0.05) is 44.2 Å². The zero-order chi connectivity index (χ0) is 22.8. The Hall–Kier alpha value is -2.50. The smallest absolute Gasteiger partial charge is 0.418 e. The van der Waals surface area contributed by atoms with Gasteiger partial charge in [0.1, 0.15) is 0 Å². The highest BCUT2D eigenvalue weighted by Crippen LogP contribution is 2.46. The fraction of sp³-hybridized carbons (Fsp3) is 0.480. The van der Waals surface area contributed by atoms with Crippen molar-refractivity contribution in [2.75, 3.05) is 11.4 Å². The number of carbonyl (C=O) groups is 1. The predicted molar refractivity (Wildman–Crippen MR) is 117 cm³/mol. The molecule has 0 amide bonds. The Morgan fingerprint density at radius 2 is 1.81 bits per heavy atom. The van der Waals surface area contributed by atoms with E-state index in [2.05, 4.69) is 0 Å². The highest BCUT2D eigenvalue weighted by atomic mass is 19.4. The first-order valence-electron chi connectivity index (χ1n) is 10.9. The largest absolute Gasteiger partial charge is 0.481 e. The van der Waals surface area contributed by atoms with Gasteiger partial charge in [0.05, 0.1) is 17.2 Å². The van der Waals surface area contributed by atoms with E-state index in [4.69, 9.17) is 0 Å². The number of anilines is 1. The number of rotatable bonds is 6. The number of halogens is 3. The molecule has 6 heteroatoms. The molecule has 1 heterocycles. The topological polar surface area (TPSA) is 40.5 Å². The summed E-state index contributed by atoms with van der Waals surface area (Å²) in [5, 5.41) is 9.90. The van der Waals surface area contributed by atoms with Crippen molar-refractivity contribution < 1.29 is 23.1 Å². The highest BCUT2D eigenvalue weighted by Gasteiger charge is 2.42. The molecule has 3 nitrogen and oxygen atoms in total. The van der Waals surface area contributed by atoms with E-state index in [9.17, 15) is 23.1 Å². The van der Waals surface area contributed by atoms with Crippen molar-refractivity contribution in [2.24, 2.45) is 5.92 Å². The fourth-order valence-electron chi connectivity index (χ4n) is 4.54. The maximum Gasteiger partial charge on any atom is 0.418 e. The lowest BCUT2D eigenvalue weighted by molar-refractivity contribution is -0.141. The van der Waals surface area contributed by atoms with E-state index in [0.717, 1.165) is 24.8 Å². The second kappa shape index (κ2) is 9.33. The van der Waals surface area contributed by atoms with Crippen molar-refractivity contribution in [3.05, 3.63) is 53.6 Å². The van der Waals surface area contributed by atoms with Gasteiger partial charge in [0.25, 0.3) is 0 Å². The number of hydrogen-bond acceptors (Lipinski definition) is 2. The van der Waals surface area contributed by atoms with Crippen LogP contribution < -0.4 is 4.90 Å². The zero-order valence-electron chi connectivity index (χ0n) is 18.2. The average molecular weight is 434 g/mol. The molecule has 31 heavy (non-hydrogen) atoms. The molecule has 2 atom stereocenters. The van der Waals surface area contributed by atoms with E-state index in [0.29, 0.717) is 12.1 Å². The van der Waals surface area contributed by atoms with Crippen LogP contribution in [0.2, 0.25) is 0 Å². The summed E-state index contributed by atoms with van der Waals surface area (Å²) < 4.78 is 43.4. The number of nitrogens with zero attached hydrogens (tertiary/aromatic N) is 1. The number of hydrogen-bond donors (Lipinski definition) is 1. The predicted octanol–water partition coefficient (Wildman–Crippen LogP) is 6.97. The van der Waals surface area contributed by atoms with E-state index in [1.807, 2.05) is 56.0 Å². The molecule has 168 valence electrons. The van der Waals surface area contributed by atoms with E-state index < -0.39 is 23.6 Å². The summed E-state index contributed by atoms with van der Waals surface area (Å²) in [7, 11) is 0. The molecular formula is C25H30F3NO2. The number of piperidine rings is 1. The first kappa shape index (κ1) is 23.2. The summed E-state index contributed by atoms with van der Waals surface area (Å²) >= 11 is 0. The summed E-state index contributed by atoms with van der Waals surface area (Å²) in [6.07, 6.45) is -1.89. The van der Waals surface area contributed by atoms with Gasteiger partial charge >= 0.3 is 12.1 Å². The summed E-state index contributed by atoms with van der Waals surface area (Å²) in [5.74, 6) is -2.50. The van der Waals surface area contributed by atoms with Crippen molar-refractivity contribution in [1.29, 1.82) is 0 Å². The maximum absolute atomic E-state index is 14.5. The zero-order valence-corrected chi connectivity index (χ0v) is 18.2. The monoisotopic (exact) mass is 433 g/mol. The van der Waals surface area contributed by atoms with Gasteiger partial charge in [-0.3, -0.25) is 4.79 Å². The van der Waals surface area contributed by atoms with E-state index in [1.165, 1.54) is 6.07 Å². The van der Waals surface area contributed by atoms with Crippen LogP contribution in [0.5, 0.6) is 0 Å². The molecule has 1 N–H and O–H groups in total. The standard InChI is InChI=1S/C25H30F3NO2/c1-16(2)13-21(24(30)31)20-14-19(18-10-5-4-6-11-18)15-22(23(20)25(26,27)28)29-12-8-7-9-17(29)3/h4-6,10-11,14-17,21H,7-9,12-13H2,1-3H3,(H,30,31). The van der Waals surface area contributed by atoms with Crippen LogP contribution in [0, 0.1) is 5.92 Å². The van der Waals surface area contributed by atoms with Crippen LogP contribution in [0.15, 0.2) is 42.5 Å². The summed E-state index contributed by atoms with van der Waals surface area (Å²) in [6.45, 7) is 6.14. The van der Waals surface area contributed by atoms with Crippen LogP contribution >= 0.6 is 0 Å². The molecule has 0 saturated carbocycles. The van der Waals surface area contributed by atoms with Crippen LogP contribution in [0.4, 0.5) is 18.9 Å². The fourth-order valence-corrected chi connectivity index (χ4v) is 4.54. The van der Waals surface area contributed by atoms with Gasteiger partial charge in [-0.15, -0.1) is 0 Å². The molecule has 1 aliphatic rings. The summed E-state index contributed by atoms with van der Waals surface area (Å²) in [6, 6.07) is 12.2. The second-order valence-corrected chi connectivity index (χ2v) is 8.88. The molecule has 0 bridgehead atoms. The van der Waals surface area contributed by atoms with Crippen molar-refractivity contribution in [1.82, 2.24) is 0 Å². The molecule has 1 fully saturated rings. The maximum atomic E-state index is 14.5. The van der Waals surface area contributed by atoms with Gasteiger partial charge in [-0.25, -0.2) is 0 Å². The first-order valence-corrected chi connectivity index (χ1v) is 10.9. The van der Waals surface area contributed by atoms with Gasteiger partial charge in [0.2, 0.25) is 0 Å². The van der Waals surface area contributed by atoms with E-state index in [-0.39, 0.29) is 29.6 Å². The van der Waals surface area contributed by atoms with Gasteiger partial charge in [-0.2, -0.15) is 13.2 Å². The Morgan fingerprint density at radius 1 is 1.13 bits per heavy atom. The molecule has 3 rings (SSSR count). The van der Waals surface area contributed by atoms with Gasteiger partial charge < -0.3 is 10.0 Å². The molecule has 2 aromatic rings. The normalized spacial score (nSPS) is 18.3. The minimum Gasteiger partial charge on any atom is -0.481 e. The molecule has 0 aromatic heterocycles. The minimum absolute atomic E-state index is 0.0397. The highest BCUT2D eigenvalue weighted by molar-refractivity contribution is 5.81. The van der Waals surface area contributed by atoms with Crippen molar-refractivity contribution >= 4 is 11.7 Å². The van der Waals surface area contributed by atoms with Crippen molar-refractivity contribution in [2.45, 2.75) is 64.6 Å². The third-order valence-electron chi connectivity index (χ3n) is 6.03. The molecule has 0 radical (unpaired) electrons. The van der Waals surface area contributed by atoms with Gasteiger partial charge in [-0.05, 0) is 67.3 Å². The lowest BCUT2D eigenvalue weighted by Gasteiger charge is -2.38. The Balaban J connectivity index is 2.32. The Morgan fingerprint density at radius 3 is 2.35 bits per heavy atom. The number of aliphatic carboxylic acids is 1. The van der Waals surface area contributed by atoms with Crippen LogP contribution in [0.1, 0.15) is 63.5 Å². The van der Waals surface area contributed by atoms with E-state index >= 15 is 0 Å². The quantitative estimate of drug-likeness (QED) is 0.535. The molecule has 0 aliphatic carbocycles. The van der Waals surface area contributed by atoms with Crippen LogP contribution in [-0.2, 0) is 11.0 Å². The summed E-state index contributed by atoms with van der Waals surface area (Å²) in [5.41, 5.74) is 0.561.